The van der Waals surface area contributed by atoms with E-state index in [1.807, 2.05) is 32.0 Å². The molecule has 6 heteroatoms. The lowest BCUT2D eigenvalue weighted by Crippen LogP contribution is -2.58. The van der Waals surface area contributed by atoms with E-state index in [1.54, 1.807) is 0 Å². The van der Waals surface area contributed by atoms with Crippen molar-refractivity contribution in [3.05, 3.63) is 24.3 Å². The first kappa shape index (κ1) is 20.5. The second kappa shape index (κ2) is 9.29. The van der Waals surface area contributed by atoms with E-state index in [2.05, 4.69) is 27.3 Å². The molecule has 1 aromatic carbocycles. The Hall–Kier alpha value is -2.26. The average Bonchev–Trinajstić information content (AvgIpc) is 2.74. The van der Waals surface area contributed by atoms with Gasteiger partial charge in [0.2, 0.25) is 5.91 Å². The first-order chi connectivity index (χ1) is 13.6. The van der Waals surface area contributed by atoms with E-state index in [-0.39, 0.29) is 11.9 Å². The van der Waals surface area contributed by atoms with Gasteiger partial charge in [-0.25, -0.2) is 0 Å². The summed E-state index contributed by atoms with van der Waals surface area (Å²) >= 11 is 0. The number of anilines is 1. The fraction of sp³-hybridized carbons (Fsp3) is 0.636. The number of hydrogen-bond donors (Lipinski definition) is 1. The normalized spacial score (nSPS) is 20.8. The number of carbonyl (C=O) groups excluding carboxylic acids is 1. The molecule has 3 rings (SSSR count). The van der Waals surface area contributed by atoms with Crippen molar-refractivity contribution in [1.29, 1.82) is 5.26 Å². The van der Waals surface area contributed by atoms with Crippen LogP contribution < -0.4 is 15.0 Å². The molecule has 1 heterocycles. The molecule has 1 aliphatic carbocycles. The molecular weight excluding hydrogens is 352 g/mol. The van der Waals surface area contributed by atoms with Gasteiger partial charge in [0, 0.05) is 26.2 Å². The molecule has 1 amide bonds. The second-order valence-electron chi connectivity index (χ2n) is 7.84. The predicted octanol–water partition coefficient (Wildman–Crippen LogP) is 2.94. The lowest BCUT2D eigenvalue weighted by molar-refractivity contribution is -0.127. The largest absolute Gasteiger partial charge is 0.492 e. The Morgan fingerprint density at radius 3 is 2.54 bits per heavy atom. The van der Waals surface area contributed by atoms with Crippen molar-refractivity contribution < 1.29 is 9.53 Å². The summed E-state index contributed by atoms with van der Waals surface area (Å²) in [5.41, 5.74) is 0.453. The number of benzene rings is 1. The minimum Gasteiger partial charge on any atom is -0.492 e. The van der Waals surface area contributed by atoms with Gasteiger partial charge in [0.15, 0.2) is 0 Å². The first-order valence-corrected chi connectivity index (χ1v) is 10.5. The van der Waals surface area contributed by atoms with Gasteiger partial charge in [-0.2, -0.15) is 5.26 Å². The third-order valence-corrected chi connectivity index (χ3v) is 6.03. The van der Waals surface area contributed by atoms with Crippen molar-refractivity contribution in [2.75, 3.05) is 37.7 Å². The summed E-state index contributed by atoms with van der Waals surface area (Å²) in [6.07, 6.45) is 4.72. The fourth-order valence-electron chi connectivity index (χ4n) is 4.27. The van der Waals surface area contributed by atoms with E-state index < -0.39 is 5.54 Å². The number of carbonyl (C=O) groups is 1. The molecule has 1 aliphatic heterocycles. The van der Waals surface area contributed by atoms with Crippen LogP contribution in [0.25, 0.3) is 0 Å². The van der Waals surface area contributed by atoms with Crippen molar-refractivity contribution in [1.82, 2.24) is 10.2 Å². The van der Waals surface area contributed by atoms with Gasteiger partial charge >= 0.3 is 0 Å². The molecule has 0 spiro atoms. The third-order valence-electron chi connectivity index (χ3n) is 6.03. The molecule has 152 valence electrons. The SMILES string of the molecule is CCOc1ccccc1N1CCN(C(C)C(=O)NC2(C#N)CCCCC2)CC1. The summed E-state index contributed by atoms with van der Waals surface area (Å²) in [6, 6.07) is 10.3. The highest BCUT2D eigenvalue weighted by Gasteiger charge is 2.36. The second-order valence-corrected chi connectivity index (χ2v) is 7.84. The summed E-state index contributed by atoms with van der Waals surface area (Å²) in [7, 11) is 0. The van der Waals surface area contributed by atoms with E-state index in [0.29, 0.717) is 6.61 Å². The maximum Gasteiger partial charge on any atom is 0.238 e. The zero-order valence-corrected chi connectivity index (χ0v) is 17.1. The summed E-state index contributed by atoms with van der Waals surface area (Å²) < 4.78 is 5.76. The van der Waals surface area contributed by atoms with Gasteiger partial charge < -0.3 is 15.0 Å². The number of ether oxygens (including phenoxy) is 1. The Balaban J connectivity index is 1.57. The predicted molar refractivity (Wildman–Crippen MR) is 110 cm³/mol. The van der Waals surface area contributed by atoms with Crippen LogP contribution in [0.3, 0.4) is 0 Å². The number of rotatable bonds is 6. The van der Waals surface area contributed by atoms with Gasteiger partial charge in [-0.05, 0) is 38.8 Å². The number of nitrogens with one attached hydrogen (secondary N) is 1. The van der Waals surface area contributed by atoms with Gasteiger partial charge in [0.05, 0.1) is 24.4 Å². The summed E-state index contributed by atoms with van der Waals surface area (Å²) in [6.45, 7) is 7.93. The number of amides is 1. The topological polar surface area (TPSA) is 68.6 Å². The van der Waals surface area contributed by atoms with Crippen LogP contribution in [-0.4, -0.2) is 55.2 Å². The van der Waals surface area contributed by atoms with Crippen LogP contribution in [-0.2, 0) is 4.79 Å². The Labute approximate surface area is 168 Å². The van der Waals surface area contributed by atoms with E-state index in [1.165, 1.54) is 0 Å². The molecule has 1 N–H and O–H groups in total. The number of hydrogen-bond acceptors (Lipinski definition) is 5. The molecule has 28 heavy (non-hydrogen) atoms. The maximum absolute atomic E-state index is 12.8. The quantitative estimate of drug-likeness (QED) is 0.817. The molecule has 1 unspecified atom stereocenters. The third kappa shape index (κ3) is 4.59. The van der Waals surface area contributed by atoms with Crippen molar-refractivity contribution in [2.45, 2.75) is 57.5 Å². The Morgan fingerprint density at radius 2 is 1.89 bits per heavy atom. The van der Waals surface area contributed by atoms with Gasteiger partial charge in [-0.15, -0.1) is 0 Å². The minimum absolute atomic E-state index is 0.0217. The number of nitrogens with zero attached hydrogens (tertiary/aromatic N) is 3. The standard InChI is InChI=1S/C22H32N4O2/c1-3-28-20-10-6-5-9-19(20)26-15-13-25(14-16-26)18(2)21(27)24-22(17-23)11-7-4-8-12-22/h5-6,9-10,18H,3-4,7-8,11-16H2,1-2H3,(H,24,27). The van der Waals surface area contributed by atoms with Crippen LogP contribution in [0.1, 0.15) is 46.0 Å². The zero-order chi connectivity index (χ0) is 20.0. The molecule has 1 aromatic rings. The average molecular weight is 385 g/mol. The Bertz CT molecular complexity index is 701. The molecule has 0 aromatic heterocycles. The Morgan fingerprint density at radius 1 is 1.21 bits per heavy atom. The summed E-state index contributed by atoms with van der Waals surface area (Å²) in [4.78, 5) is 17.4. The van der Waals surface area contributed by atoms with Crippen LogP contribution in [0.15, 0.2) is 24.3 Å². The van der Waals surface area contributed by atoms with E-state index in [0.717, 1.165) is 69.7 Å². The number of para-hydroxylation sites is 2. The highest BCUT2D eigenvalue weighted by molar-refractivity contribution is 5.82. The van der Waals surface area contributed by atoms with Crippen molar-refractivity contribution >= 4 is 11.6 Å². The van der Waals surface area contributed by atoms with Crippen LogP contribution in [0.2, 0.25) is 0 Å². The molecule has 6 nitrogen and oxygen atoms in total. The highest BCUT2D eigenvalue weighted by atomic mass is 16.5. The van der Waals surface area contributed by atoms with Crippen molar-refractivity contribution in [2.24, 2.45) is 0 Å². The molecule has 2 aliphatic rings. The summed E-state index contributed by atoms with van der Waals surface area (Å²) in [5, 5.41) is 12.7. The van der Waals surface area contributed by atoms with Crippen LogP contribution in [0.5, 0.6) is 5.75 Å². The van der Waals surface area contributed by atoms with Crippen LogP contribution in [0, 0.1) is 11.3 Å². The van der Waals surface area contributed by atoms with Crippen LogP contribution in [0.4, 0.5) is 5.69 Å². The first-order valence-electron chi connectivity index (χ1n) is 10.5. The lowest BCUT2D eigenvalue weighted by Gasteiger charge is -2.40. The molecule has 1 atom stereocenters. The fourth-order valence-corrected chi connectivity index (χ4v) is 4.27. The molecule has 0 bridgehead atoms. The van der Waals surface area contributed by atoms with Gasteiger partial charge in [0.25, 0.3) is 0 Å². The maximum atomic E-state index is 12.8. The van der Waals surface area contributed by atoms with Gasteiger partial charge in [0.1, 0.15) is 11.3 Å². The molecule has 2 fully saturated rings. The van der Waals surface area contributed by atoms with Gasteiger partial charge in [-0.3, -0.25) is 9.69 Å². The lowest BCUT2D eigenvalue weighted by atomic mass is 9.82. The van der Waals surface area contributed by atoms with Crippen molar-refractivity contribution in [3.8, 4) is 11.8 Å². The van der Waals surface area contributed by atoms with Gasteiger partial charge in [-0.1, -0.05) is 31.4 Å². The highest BCUT2D eigenvalue weighted by Crippen LogP contribution is 2.30. The molecular formula is C22H32N4O2. The Kier molecular flexibility index (Phi) is 6.79. The minimum atomic E-state index is -0.665. The van der Waals surface area contributed by atoms with Crippen LogP contribution >= 0.6 is 0 Å². The monoisotopic (exact) mass is 384 g/mol. The smallest absolute Gasteiger partial charge is 0.238 e. The molecule has 1 saturated carbocycles. The molecule has 1 saturated heterocycles. The summed E-state index contributed by atoms with van der Waals surface area (Å²) in [5.74, 6) is 0.893. The molecule has 0 radical (unpaired) electrons. The van der Waals surface area contributed by atoms with E-state index >= 15 is 0 Å². The number of nitriles is 1. The van der Waals surface area contributed by atoms with E-state index in [9.17, 15) is 10.1 Å². The zero-order valence-electron chi connectivity index (χ0n) is 17.1. The van der Waals surface area contributed by atoms with Crippen molar-refractivity contribution in [3.63, 3.8) is 0 Å². The van der Waals surface area contributed by atoms with E-state index in [4.69, 9.17) is 4.74 Å². The number of piperazine rings is 1.